The first kappa shape index (κ1) is 13.9. The van der Waals surface area contributed by atoms with E-state index in [-0.39, 0.29) is 29.8 Å². The van der Waals surface area contributed by atoms with Gasteiger partial charge in [0.25, 0.3) is 5.91 Å². The Labute approximate surface area is 120 Å². The summed E-state index contributed by atoms with van der Waals surface area (Å²) in [5, 5.41) is 6.42. The van der Waals surface area contributed by atoms with Crippen molar-refractivity contribution >= 4 is 11.9 Å². The van der Waals surface area contributed by atoms with Crippen LogP contribution >= 0.6 is 0 Å². The van der Waals surface area contributed by atoms with E-state index in [1.165, 1.54) is 4.90 Å². The number of hydrogen-bond donors (Lipinski definition) is 2. The molecule has 0 aromatic heterocycles. The topological polar surface area (TPSA) is 61.4 Å². The second-order valence-electron chi connectivity index (χ2n) is 6.74. The molecule has 2 saturated heterocycles. The lowest BCUT2D eigenvalue weighted by atomic mass is 9.67. The van der Waals surface area contributed by atoms with Crippen LogP contribution in [0.15, 0.2) is 0 Å². The summed E-state index contributed by atoms with van der Waals surface area (Å²) in [6.45, 7) is 5.72. The molecule has 0 bridgehead atoms. The molecule has 5 heteroatoms. The van der Waals surface area contributed by atoms with Crippen molar-refractivity contribution in [3.8, 4) is 0 Å². The van der Waals surface area contributed by atoms with E-state index >= 15 is 0 Å². The largest absolute Gasteiger partial charge is 0.325 e. The van der Waals surface area contributed by atoms with Gasteiger partial charge in [-0.2, -0.15) is 0 Å². The summed E-state index contributed by atoms with van der Waals surface area (Å²) in [4.78, 5) is 26.7. The Hall–Kier alpha value is -1.10. The number of nitrogens with one attached hydrogen (secondary N) is 2. The fraction of sp³-hybridized carbons (Fsp3) is 0.867. The van der Waals surface area contributed by atoms with Gasteiger partial charge in [0.2, 0.25) is 0 Å². The number of imide groups is 1. The molecule has 2 heterocycles. The monoisotopic (exact) mass is 279 g/mol. The predicted octanol–water partition coefficient (Wildman–Crippen LogP) is 1.49. The zero-order valence-electron chi connectivity index (χ0n) is 12.4. The number of nitrogens with zero attached hydrogens (tertiary/aromatic N) is 1. The van der Waals surface area contributed by atoms with Crippen molar-refractivity contribution in [1.29, 1.82) is 0 Å². The van der Waals surface area contributed by atoms with E-state index in [2.05, 4.69) is 24.5 Å². The lowest BCUT2D eigenvalue weighted by molar-refractivity contribution is -0.136. The molecule has 1 spiro atoms. The quantitative estimate of drug-likeness (QED) is 0.753. The third-order valence-corrected chi connectivity index (χ3v) is 5.55. The van der Waals surface area contributed by atoms with Gasteiger partial charge in [0.15, 0.2) is 0 Å². The van der Waals surface area contributed by atoms with Crippen molar-refractivity contribution in [2.75, 3.05) is 13.1 Å². The summed E-state index contributed by atoms with van der Waals surface area (Å²) in [6, 6.07) is 0.0818. The summed E-state index contributed by atoms with van der Waals surface area (Å²) in [7, 11) is 0. The van der Waals surface area contributed by atoms with E-state index in [1.54, 1.807) is 0 Å². The highest BCUT2D eigenvalue weighted by Crippen LogP contribution is 2.42. The summed E-state index contributed by atoms with van der Waals surface area (Å²) in [5.41, 5.74) is -0.645. The van der Waals surface area contributed by atoms with E-state index in [4.69, 9.17) is 0 Å². The molecule has 3 atom stereocenters. The normalized spacial score (nSPS) is 41.5. The minimum absolute atomic E-state index is 0.0101. The predicted molar refractivity (Wildman–Crippen MR) is 76.2 cm³/mol. The number of amides is 3. The van der Waals surface area contributed by atoms with Gasteiger partial charge in [-0.15, -0.1) is 0 Å². The SMILES string of the molecule is CC1CCCC(C)C12NC(=O)N(C[C@@H]1CCCN1)C2=O. The number of urea groups is 1. The van der Waals surface area contributed by atoms with Gasteiger partial charge in [-0.1, -0.05) is 20.3 Å². The fourth-order valence-electron chi connectivity index (χ4n) is 4.25. The minimum atomic E-state index is -0.645. The Morgan fingerprint density at radius 1 is 1.15 bits per heavy atom. The Kier molecular flexibility index (Phi) is 3.48. The van der Waals surface area contributed by atoms with E-state index < -0.39 is 5.54 Å². The van der Waals surface area contributed by atoms with Crippen LogP contribution in [0, 0.1) is 11.8 Å². The summed E-state index contributed by atoms with van der Waals surface area (Å²) in [6.07, 6.45) is 5.37. The summed E-state index contributed by atoms with van der Waals surface area (Å²) >= 11 is 0. The Balaban J connectivity index is 1.81. The molecule has 20 heavy (non-hydrogen) atoms. The molecule has 3 aliphatic rings. The second kappa shape index (κ2) is 5.02. The molecule has 1 aliphatic carbocycles. The van der Waals surface area contributed by atoms with Gasteiger partial charge >= 0.3 is 6.03 Å². The molecule has 1 saturated carbocycles. The molecule has 0 radical (unpaired) electrons. The Morgan fingerprint density at radius 2 is 1.85 bits per heavy atom. The number of carbonyl (C=O) groups is 2. The average molecular weight is 279 g/mol. The van der Waals surface area contributed by atoms with Gasteiger partial charge in [-0.3, -0.25) is 9.69 Å². The molecule has 5 nitrogen and oxygen atoms in total. The molecule has 0 aromatic rings. The van der Waals surface area contributed by atoms with Crippen LogP contribution in [0.3, 0.4) is 0 Å². The highest BCUT2D eigenvalue weighted by atomic mass is 16.2. The summed E-state index contributed by atoms with van der Waals surface area (Å²) < 4.78 is 0. The van der Waals surface area contributed by atoms with Crippen molar-refractivity contribution in [2.45, 2.75) is 57.5 Å². The van der Waals surface area contributed by atoms with Crippen LogP contribution in [0.1, 0.15) is 46.0 Å². The fourth-order valence-corrected chi connectivity index (χ4v) is 4.25. The minimum Gasteiger partial charge on any atom is -0.323 e. The van der Waals surface area contributed by atoms with Gasteiger partial charge in [0, 0.05) is 12.6 Å². The zero-order chi connectivity index (χ0) is 14.3. The molecule has 112 valence electrons. The van der Waals surface area contributed by atoms with E-state index in [0.717, 1.165) is 38.6 Å². The molecule has 0 aromatic carbocycles. The second-order valence-corrected chi connectivity index (χ2v) is 6.74. The maximum absolute atomic E-state index is 12.9. The van der Waals surface area contributed by atoms with Crippen LogP contribution in [-0.2, 0) is 4.79 Å². The smallest absolute Gasteiger partial charge is 0.323 e. The van der Waals surface area contributed by atoms with Gasteiger partial charge in [0.1, 0.15) is 5.54 Å². The first-order valence-electron chi connectivity index (χ1n) is 7.93. The van der Waals surface area contributed by atoms with Crippen molar-refractivity contribution in [2.24, 2.45) is 11.8 Å². The van der Waals surface area contributed by atoms with Crippen LogP contribution in [0.2, 0.25) is 0 Å². The molecule has 3 rings (SSSR count). The van der Waals surface area contributed by atoms with Gasteiger partial charge < -0.3 is 10.6 Å². The molecular formula is C15H25N3O2. The van der Waals surface area contributed by atoms with E-state index in [0.29, 0.717) is 6.54 Å². The standard InChI is InChI=1S/C15H25N3O2/c1-10-5-3-6-11(2)15(10)13(19)18(14(20)17-15)9-12-7-4-8-16-12/h10-12,16H,3-9H2,1-2H3,(H,17,20)/t10?,11?,12-,15?/m0/s1. The van der Waals surface area contributed by atoms with E-state index in [9.17, 15) is 9.59 Å². The first-order valence-corrected chi connectivity index (χ1v) is 7.93. The van der Waals surface area contributed by atoms with E-state index in [1.807, 2.05) is 0 Å². The van der Waals surface area contributed by atoms with Gasteiger partial charge in [-0.25, -0.2) is 4.79 Å². The third-order valence-electron chi connectivity index (χ3n) is 5.55. The van der Waals surface area contributed by atoms with Crippen LogP contribution in [0.5, 0.6) is 0 Å². The van der Waals surface area contributed by atoms with Crippen LogP contribution in [0.4, 0.5) is 4.79 Å². The van der Waals surface area contributed by atoms with Gasteiger partial charge in [-0.05, 0) is 44.1 Å². The van der Waals surface area contributed by atoms with Crippen LogP contribution < -0.4 is 10.6 Å². The number of rotatable bonds is 2. The van der Waals surface area contributed by atoms with Crippen molar-refractivity contribution in [3.05, 3.63) is 0 Å². The lowest BCUT2D eigenvalue weighted by Gasteiger charge is -2.42. The summed E-state index contributed by atoms with van der Waals surface area (Å²) in [5.74, 6) is 0.462. The number of hydrogen-bond acceptors (Lipinski definition) is 3. The van der Waals surface area contributed by atoms with Crippen LogP contribution in [0.25, 0.3) is 0 Å². The molecule has 3 fully saturated rings. The molecule has 2 aliphatic heterocycles. The first-order chi connectivity index (χ1) is 9.55. The van der Waals surface area contributed by atoms with Crippen molar-refractivity contribution in [1.82, 2.24) is 15.5 Å². The average Bonchev–Trinajstić information content (AvgIpc) is 2.99. The van der Waals surface area contributed by atoms with Gasteiger partial charge in [0.05, 0.1) is 0 Å². The Bertz CT molecular complexity index is 407. The molecule has 3 amide bonds. The van der Waals surface area contributed by atoms with Crippen LogP contribution in [-0.4, -0.2) is 41.5 Å². The molecule has 2 unspecified atom stereocenters. The maximum atomic E-state index is 12.9. The molecular weight excluding hydrogens is 254 g/mol. The number of carbonyl (C=O) groups excluding carboxylic acids is 2. The lowest BCUT2D eigenvalue weighted by Crippen LogP contribution is -2.59. The molecule has 2 N–H and O–H groups in total. The highest BCUT2D eigenvalue weighted by Gasteiger charge is 2.58. The Morgan fingerprint density at radius 3 is 2.45 bits per heavy atom. The highest BCUT2D eigenvalue weighted by molar-refractivity contribution is 6.07. The zero-order valence-corrected chi connectivity index (χ0v) is 12.4. The van der Waals surface area contributed by atoms with Crippen molar-refractivity contribution < 1.29 is 9.59 Å². The third kappa shape index (κ3) is 1.94. The van der Waals surface area contributed by atoms with Crippen molar-refractivity contribution in [3.63, 3.8) is 0 Å². The maximum Gasteiger partial charge on any atom is 0.325 e.